The van der Waals surface area contributed by atoms with E-state index in [4.69, 9.17) is 10.2 Å². The summed E-state index contributed by atoms with van der Waals surface area (Å²) < 4.78 is 5.69. The summed E-state index contributed by atoms with van der Waals surface area (Å²) in [6, 6.07) is 3.61. The fourth-order valence-electron chi connectivity index (χ4n) is 1.10. The Labute approximate surface area is 83.7 Å². The van der Waals surface area contributed by atoms with Gasteiger partial charge in [-0.1, -0.05) is 0 Å². The van der Waals surface area contributed by atoms with Gasteiger partial charge in [0, 0.05) is 23.0 Å². The van der Waals surface area contributed by atoms with E-state index in [9.17, 15) is 0 Å². The van der Waals surface area contributed by atoms with Crippen molar-refractivity contribution in [3.63, 3.8) is 0 Å². The first-order valence-electron chi connectivity index (χ1n) is 3.71. The highest BCUT2D eigenvalue weighted by Crippen LogP contribution is 2.26. The van der Waals surface area contributed by atoms with Gasteiger partial charge in [-0.15, -0.1) is 0 Å². The molecule has 0 radical (unpaired) electrons. The Balaban J connectivity index is 2.53. The predicted octanol–water partition coefficient (Wildman–Crippen LogP) is 2.69. The molecule has 2 rings (SSSR count). The van der Waals surface area contributed by atoms with Crippen LogP contribution in [-0.4, -0.2) is 4.98 Å². The monoisotopic (exact) mass is 238 g/mol. The minimum atomic E-state index is 0.684. The molecule has 0 amide bonds. The average molecular weight is 239 g/mol. The van der Waals surface area contributed by atoms with Crippen LogP contribution in [0.1, 0.15) is 0 Å². The standard InChI is InChI=1S/C9H7BrN2O/c10-9-3-8(11)7(4-12-9)6-1-2-13-5-6/h1-5H,(H2,11,12). The minimum Gasteiger partial charge on any atom is -0.472 e. The summed E-state index contributed by atoms with van der Waals surface area (Å²) in [6.07, 6.45) is 4.96. The van der Waals surface area contributed by atoms with Crippen LogP contribution in [0.2, 0.25) is 0 Å². The highest BCUT2D eigenvalue weighted by atomic mass is 79.9. The molecule has 2 aromatic heterocycles. The van der Waals surface area contributed by atoms with Crippen LogP contribution >= 0.6 is 15.9 Å². The summed E-state index contributed by atoms with van der Waals surface area (Å²) >= 11 is 3.25. The van der Waals surface area contributed by atoms with Gasteiger partial charge < -0.3 is 10.2 Å². The molecule has 0 fully saturated rings. The quantitative estimate of drug-likeness (QED) is 0.778. The molecule has 13 heavy (non-hydrogen) atoms. The molecule has 0 aliphatic rings. The molecule has 0 aromatic carbocycles. The van der Waals surface area contributed by atoms with Gasteiger partial charge in [0.25, 0.3) is 0 Å². The predicted molar refractivity (Wildman–Crippen MR) is 54.1 cm³/mol. The summed E-state index contributed by atoms with van der Waals surface area (Å²) in [4.78, 5) is 4.09. The Bertz CT molecular complexity index is 412. The van der Waals surface area contributed by atoms with Crippen molar-refractivity contribution in [2.45, 2.75) is 0 Å². The van der Waals surface area contributed by atoms with Crippen LogP contribution in [0, 0.1) is 0 Å². The summed E-state index contributed by atoms with van der Waals surface area (Å²) in [7, 11) is 0. The van der Waals surface area contributed by atoms with Gasteiger partial charge in [-0.2, -0.15) is 0 Å². The number of pyridine rings is 1. The second-order valence-corrected chi connectivity index (χ2v) is 3.42. The van der Waals surface area contributed by atoms with Gasteiger partial charge in [0.1, 0.15) is 4.60 Å². The number of rotatable bonds is 1. The number of nitrogen functional groups attached to an aromatic ring is 1. The molecule has 0 aliphatic heterocycles. The number of furan rings is 1. The molecule has 4 heteroatoms. The summed E-state index contributed by atoms with van der Waals surface area (Å²) in [5.74, 6) is 0. The van der Waals surface area contributed by atoms with E-state index in [0.29, 0.717) is 5.69 Å². The normalized spacial score (nSPS) is 10.2. The van der Waals surface area contributed by atoms with E-state index >= 15 is 0 Å². The minimum absolute atomic E-state index is 0.684. The molecular formula is C9H7BrN2O. The van der Waals surface area contributed by atoms with Crippen LogP contribution in [0.3, 0.4) is 0 Å². The van der Waals surface area contributed by atoms with Gasteiger partial charge in [-0.3, -0.25) is 0 Å². The molecule has 0 atom stereocenters. The number of aromatic nitrogens is 1. The van der Waals surface area contributed by atoms with Crippen molar-refractivity contribution in [3.8, 4) is 11.1 Å². The fourth-order valence-corrected chi connectivity index (χ4v) is 1.45. The molecule has 66 valence electrons. The SMILES string of the molecule is Nc1cc(Br)ncc1-c1ccoc1. The van der Waals surface area contributed by atoms with E-state index in [1.807, 2.05) is 6.07 Å². The zero-order valence-corrected chi connectivity index (χ0v) is 8.28. The maximum atomic E-state index is 5.80. The van der Waals surface area contributed by atoms with Crippen molar-refractivity contribution in [1.82, 2.24) is 4.98 Å². The van der Waals surface area contributed by atoms with Crippen molar-refractivity contribution >= 4 is 21.6 Å². The van der Waals surface area contributed by atoms with Crippen LogP contribution in [-0.2, 0) is 0 Å². The van der Waals surface area contributed by atoms with E-state index < -0.39 is 0 Å². The second-order valence-electron chi connectivity index (χ2n) is 2.61. The zero-order chi connectivity index (χ0) is 9.26. The number of hydrogen-bond acceptors (Lipinski definition) is 3. The maximum Gasteiger partial charge on any atom is 0.108 e. The lowest BCUT2D eigenvalue weighted by atomic mass is 10.1. The van der Waals surface area contributed by atoms with Crippen LogP contribution in [0.5, 0.6) is 0 Å². The van der Waals surface area contributed by atoms with Crippen LogP contribution in [0.4, 0.5) is 5.69 Å². The molecule has 0 aliphatic carbocycles. The third-order valence-electron chi connectivity index (χ3n) is 1.73. The lowest BCUT2D eigenvalue weighted by Crippen LogP contribution is -1.90. The van der Waals surface area contributed by atoms with Gasteiger partial charge >= 0.3 is 0 Å². The Morgan fingerprint density at radius 1 is 1.46 bits per heavy atom. The first kappa shape index (κ1) is 8.31. The summed E-state index contributed by atoms with van der Waals surface area (Å²) in [5, 5.41) is 0. The van der Waals surface area contributed by atoms with Gasteiger partial charge in [-0.25, -0.2) is 4.98 Å². The lowest BCUT2D eigenvalue weighted by molar-refractivity contribution is 0.568. The van der Waals surface area contributed by atoms with Crippen molar-refractivity contribution in [2.24, 2.45) is 0 Å². The molecule has 2 N–H and O–H groups in total. The van der Waals surface area contributed by atoms with E-state index in [2.05, 4.69) is 20.9 Å². The Kier molecular flexibility index (Phi) is 2.06. The highest BCUT2D eigenvalue weighted by Gasteiger charge is 2.04. The molecule has 2 heterocycles. The van der Waals surface area contributed by atoms with Crippen molar-refractivity contribution < 1.29 is 4.42 Å². The van der Waals surface area contributed by atoms with Gasteiger partial charge in [0.15, 0.2) is 0 Å². The average Bonchev–Trinajstić information content (AvgIpc) is 2.56. The van der Waals surface area contributed by atoms with Crippen LogP contribution < -0.4 is 5.73 Å². The van der Waals surface area contributed by atoms with E-state index in [1.54, 1.807) is 24.8 Å². The third kappa shape index (κ3) is 1.58. The van der Waals surface area contributed by atoms with Crippen LogP contribution in [0.25, 0.3) is 11.1 Å². The number of nitrogens with zero attached hydrogens (tertiary/aromatic N) is 1. The topological polar surface area (TPSA) is 52.0 Å². The Hall–Kier alpha value is -1.29. The van der Waals surface area contributed by atoms with Crippen molar-refractivity contribution in [2.75, 3.05) is 5.73 Å². The number of anilines is 1. The molecular weight excluding hydrogens is 232 g/mol. The fraction of sp³-hybridized carbons (Fsp3) is 0. The largest absolute Gasteiger partial charge is 0.472 e. The first-order chi connectivity index (χ1) is 6.27. The maximum absolute atomic E-state index is 5.80. The van der Waals surface area contributed by atoms with Crippen molar-refractivity contribution in [3.05, 3.63) is 35.5 Å². The molecule has 0 saturated carbocycles. The molecule has 3 nitrogen and oxygen atoms in total. The molecule has 2 aromatic rings. The molecule has 0 unspecified atom stereocenters. The smallest absolute Gasteiger partial charge is 0.108 e. The third-order valence-corrected chi connectivity index (χ3v) is 2.17. The van der Waals surface area contributed by atoms with Gasteiger partial charge in [0.2, 0.25) is 0 Å². The molecule has 0 bridgehead atoms. The summed E-state index contributed by atoms with van der Waals surface area (Å²) in [6.45, 7) is 0. The summed E-state index contributed by atoms with van der Waals surface area (Å²) in [5.41, 5.74) is 8.31. The zero-order valence-electron chi connectivity index (χ0n) is 6.70. The second kappa shape index (κ2) is 3.22. The van der Waals surface area contributed by atoms with E-state index in [1.165, 1.54) is 0 Å². The Morgan fingerprint density at radius 2 is 2.31 bits per heavy atom. The van der Waals surface area contributed by atoms with Gasteiger partial charge in [0.05, 0.1) is 12.5 Å². The van der Waals surface area contributed by atoms with E-state index in [0.717, 1.165) is 15.7 Å². The van der Waals surface area contributed by atoms with Gasteiger partial charge in [-0.05, 0) is 28.1 Å². The number of hydrogen-bond donors (Lipinski definition) is 1. The van der Waals surface area contributed by atoms with Crippen LogP contribution in [0.15, 0.2) is 39.9 Å². The van der Waals surface area contributed by atoms with E-state index in [-0.39, 0.29) is 0 Å². The number of halogens is 1. The lowest BCUT2D eigenvalue weighted by Gasteiger charge is -2.01. The number of nitrogens with two attached hydrogens (primary N) is 1. The Morgan fingerprint density at radius 3 is 2.92 bits per heavy atom. The van der Waals surface area contributed by atoms with Crippen molar-refractivity contribution in [1.29, 1.82) is 0 Å². The highest BCUT2D eigenvalue weighted by molar-refractivity contribution is 9.10. The first-order valence-corrected chi connectivity index (χ1v) is 4.50. The molecule has 0 saturated heterocycles. The molecule has 0 spiro atoms.